The number of hydrogen-bond donors (Lipinski definition) is 0. The first-order valence-electron chi connectivity index (χ1n) is 8.10. The molecule has 0 saturated carbocycles. The van der Waals surface area contributed by atoms with Crippen LogP contribution in [0.1, 0.15) is 0 Å². The van der Waals surface area contributed by atoms with Gasteiger partial charge in [0.25, 0.3) is 0 Å². The van der Waals surface area contributed by atoms with Crippen molar-refractivity contribution in [1.82, 2.24) is 9.97 Å². The lowest BCUT2D eigenvalue weighted by Gasteiger charge is -2.14. The molecule has 0 saturated heterocycles. The lowest BCUT2D eigenvalue weighted by Crippen LogP contribution is -1.89. The van der Waals surface area contributed by atoms with Crippen molar-refractivity contribution in [2.75, 3.05) is 0 Å². The highest BCUT2D eigenvalue weighted by molar-refractivity contribution is 6.31. The number of rotatable bonds is 0. The van der Waals surface area contributed by atoms with Crippen molar-refractivity contribution >= 4 is 54.1 Å². The van der Waals surface area contributed by atoms with Crippen molar-refractivity contribution < 1.29 is 0 Å². The van der Waals surface area contributed by atoms with Crippen LogP contribution in [0.4, 0.5) is 0 Å². The average Bonchev–Trinajstić information content (AvgIpc) is 2.65. The Morgan fingerprint density at radius 3 is 1.50 bits per heavy atom. The topological polar surface area (TPSA) is 25.8 Å². The van der Waals surface area contributed by atoms with Gasteiger partial charge in [-0.05, 0) is 45.8 Å². The van der Waals surface area contributed by atoms with Crippen LogP contribution in [0, 0.1) is 0 Å². The number of nitrogens with zero attached hydrogens (tertiary/aromatic N) is 2. The summed E-state index contributed by atoms with van der Waals surface area (Å²) in [5, 5.41) is 9.93. The van der Waals surface area contributed by atoms with Crippen LogP contribution >= 0.6 is 0 Å². The van der Waals surface area contributed by atoms with Crippen LogP contribution in [0.5, 0.6) is 0 Å². The molecule has 2 aromatic heterocycles. The van der Waals surface area contributed by atoms with Crippen molar-refractivity contribution in [2.45, 2.75) is 0 Å². The zero-order chi connectivity index (χ0) is 15.7. The molecule has 0 aliphatic carbocycles. The fraction of sp³-hybridized carbons (Fsp3) is 0. The lowest BCUT2D eigenvalue weighted by atomic mass is 9.91. The van der Waals surface area contributed by atoms with E-state index in [9.17, 15) is 0 Å². The quantitative estimate of drug-likeness (QED) is 0.266. The van der Waals surface area contributed by atoms with E-state index in [1.54, 1.807) is 0 Å². The Bertz CT molecular complexity index is 1290. The second-order valence-electron chi connectivity index (χ2n) is 6.33. The zero-order valence-corrected chi connectivity index (χ0v) is 12.8. The summed E-state index contributed by atoms with van der Waals surface area (Å²) in [6.45, 7) is 0. The van der Waals surface area contributed by atoms with Gasteiger partial charge >= 0.3 is 0 Å². The van der Waals surface area contributed by atoms with Gasteiger partial charge in [0.2, 0.25) is 0 Å². The minimum atomic E-state index is 1.07. The van der Waals surface area contributed by atoms with E-state index in [-0.39, 0.29) is 0 Å². The first kappa shape index (κ1) is 12.2. The number of hydrogen-bond acceptors (Lipinski definition) is 2. The highest BCUT2D eigenvalue weighted by atomic mass is 14.7. The predicted molar refractivity (Wildman–Crippen MR) is 101 cm³/mol. The third kappa shape index (κ3) is 1.41. The zero-order valence-electron chi connectivity index (χ0n) is 12.8. The highest BCUT2D eigenvalue weighted by Crippen LogP contribution is 2.40. The second kappa shape index (κ2) is 4.18. The summed E-state index contributed by atoms with van der Waals surface area (Å²) in [4.78, 5) is 9.27. The molecule has 0 fully saturated rings. The van der Waals surface area contributed by atoms with E-state index in [1.807, 2.05) is 24.5 Å². The largest absolute Gasteiger partial charge is 0.256 e. The van der Waals surface area contributed by atoms with Crippen LogP contribution in [0.3, 0.4) is 0 Å². The normalized spacial score (nSPS) is 12.2. The molecule has 24 heavy (non-hydrogen) atoms. The van der Waals surface area contributed by atoms with Gasteiger partial charge in [0.15, 0.2) is 0 Å². The Balaban J connectivity index is 2.00. The van der Waals surface area contributed by atoms with Crippen molar-refractivity contribution in [3.8, 4) is 0 Å². The summed E-state index contributed by atoms with van der Waals surface area (Å²) in [6, 6.07) is 21.6. The maximum absolute atomic E-state index is 4.63. The molecule has 6 aromatic rings. The summed E-state index contributed by atoms with van der Waals surface area (Å²) >= 11 is 0. The molecule has 0 atom stereocenters. The Kier molecular flexibility index (Phi) is 2.12. The molecular weight excluding hydrogens is 292 g/mol. The van der Waals surface area contributed by atoms with Crippen molar-refractivity contribution in [1.29, 1.82) is 0 Å². The van der Waals surface area contributed by atoms with Gasteiger partial charge in [-0.2, -0.15) is 0 Å². The maximum atomic E-state index is 4.63. The molecule has 2 nitrogen and oxygen atoms in total. The molecule has 2 heteroatoms. The van der Waals surface area contributed by atoms with Gasteiger partial charge < -0.3 is 0 Å². The summed E-state index contributed by atoms with van der Waals surface area (Å²) in [6.07, 6.45) is 3.74. The van der Waals surface area contributed by atoms with Gasteiger partial charge in [-0.1, -0.05) is 36.4 Å². The van der Waals surface area contributed by atoms with Gasteiger partial charge in [0.05, 0.1) is 11.0 Å². The summed E-state index contributed by atoms with van der Waals surface area (Å²) in [5.74, 6) is 0. The SMILES string of the molecule is c1cnc2c(c1)cc1ccc3c4ncccc4cc4ccc2c1c43. The molecule has 4 aromatic carbocycles. The molecule has 0 N–H and O–H groups in total. The van der Waals surface area contributed by atoms with Crippen LogP contribution < -0.4 is 0 Å². The van der Waals surface area contributed by atoms with E-state index >= 15 is 0 Å². The molecule has 6 rings (SSSR count). The Morgan fingerprint density at radius 2 is 1.00 bits per heavy atom. The number of fused-ring (bicyclic) bond motifs is 4. The number of benzene rings is 4. The fourth-order valence-electron chi connectivity index (χ4n) is 4.04. The van der Waals surface area contributed by atoms with Gasteiger partial charge in [0.1, 0.15) is 0 Å². The molecule has 0 unspecified atom stereocenters. The Labute approximate surface area is 137 Å². The molecule has 0 aliphatic rings. The third-order valence-corrected chi connectivity index (χ3v) is 5.04. The molecule has 0 radical (unpaired) electrons. The molecule has 2 heterocycles. The summed E-state index contributed by atoms with van der Waals surface area (Å²) in [7, 11) is 0. The van der Waals surface area contributed by atoms with Crippen molar-refractivity contribution in [3.63, 3.8) is 0 Å². The van der Waals surface area contributed by atoms with E-state index in [0.29, 0.717) is 0 Å². The van der Waals surface area contributed by atoms with E-state index in [1.165, 1.54) is 43.1 Å². The van der Waals surface area contributed by atoms with Crippen molar-refractivity contribution in [3.05, 3.63) is 73.1 Å². The van der Waals surface area contributed by atoms with Gasteiger partial charge in [-0.3, -0.25) is 9.97 Å². The first-order valence-corrected chi connectivity index (χ1v) is 8.10. The molecule has 0 aliphatic heterocycles. The average molecular weight is 304 g/mol. The number of aromatic nitrogens is 2. The van der Waals surface area contributed by atoms with Crippen LogP contribution in [0.15, 0.2) is 73.1 Å². The van der Waals surface area contributed by atoms with Gasteiger partial charge in [-0.25, -0.2) is 0 Å². The molecule has 0 amide bonds. The Hall–Kier alpha value is -3.26. The Morgan fingerprint density at radius 1 is 0.500 bits per heavy atom. The third-order valence-electron chi connectivity index (χ3n) is 5.04. The van der Waals surface area contributed by atoms with Crippen LogP contribution in [-0.4, -0.2) is 9.97 Å². The van der Waals surface area contributed by atoms with E-state index in [0.717, 1.165) is 11.0 Å². The monoisotopic (exact) mass is 304 g/mol. The minimum Gasteiger partial charge on any atom is -0.256 e. The maximum Gasteiger partial charge on any atom is 0.0780 e. The summed E-state index contributed by atoms with van der Waals surface area (Å²) in [5.41, 5.74) is 2.14. The second-order valence-corrected chi connectivity index (χ2v) is 6.33. The molecular formula is C22H12N2. The van der Waals surface area contributed by atoms with Gasteiger partial charge in [-0.15, -0.1) is 0 Å². The predicted octanol–water partition coefficient (Wildman–Crippen LogP) is 5.68. The fourth-order valence-corrected chi connectivity index (χ4v) is 4.04. The molecule has 110 valence electrons. The van der Waals surface area contributed by atoms with Crippen LogP contribution in [0.25, 0.3) is 54.1 Å². The van der Waals surface area contributed by atoms with E-state index in [2.05, 4.69) is 58.5 Å². The van der Waals surface area contributed by atoms with E-state index in [4.69, 9.17) is 0 Å². The van der Waals surface area contributed by atoms with Crippen molar-refractivity contribution in [2.24, 2.45) is 0 Å². The standard InChI is InChI=1S/C22H12N2/c1-3-15-11-13-5-8-18-20-14(12-16-4-2-10-24-22(16)18)6-7-17(19(13)20)21(15)23-9-1/h1-12H. The van der Waals surface area contributed by atoms with E-state index < -0.39 is 0 Å². The van der Waals surface area contributed by atoms with Gasteiger partial charge in [0, 0.05) is 33.9 Å². The number of pyridine rings is 2. The first-order chi connectivity index (χ1) is 11.9. The highest BCUT2D eigenvalue weighted by Gasteiger charge is 2.13. The smallest absolute Gasteiger partial charge is 0.0780 e. The van der Waals surface area contributed by atoms with Crippen LogP contribution in [-0.2, 0) is 0 Å². The van der Waals surface area contributed by atoms with Crippen LogP contribution in [0.2, 0.25) is 0 Å². The molecule has 0 bridgehead atoms. The lowest BCUT2D eigenvalue weighted by molar-refractivity contribution is 1.43. The molecule has 0 spiro atoms. The summed E-state index contributed by atoms with van der Waals surface area (Å²) < 4.78 is 0. The minimum absolute atomic E-state index is 1.07.